The van der Waals surface area contributed by atoms with Crippen LogP contribution < -0.4 is 10.3 Å². The second-order valence-electron chi connectivity index (χ2n) is 6.31. The van der Waals surface area contributed by atoms with Gasteiger partial charge in [-0.3, -0.25) is 9.36 Å². The Bertz CT molecular complexity index is 1130. The van der Waals surface area contributed by atoms with Crippen LogP contribution in [0.3, 0.4) is 0 Å². The van der Waals surface area contributed by atoms with E-state index >= 15 is 0 Å². The third kappa shape index (κ3) is 4.40. The molecule has 0 aliphatic rings. The Labute approximate surface area is 162 Å². The molecule has 27 heavy (non-hydrogen) atoms. The molecule has 1 heterocycles. The number of thioether (sulfide) groups is 1. The number of aromatic nitrogens is 2. The molecule has 3 rings (SSSR count). The molecule has 1 N–H and O–H groups in total. The zero-order valence-corrected chi connectivity index (χ0v) is 17.0. The Morgan fingerprint density at radius 1 is 1.07 bits per heavy atom. The maximum Gasteiger partial charge on any atom is 0.266 e. The van der Waals surface area contributed by atoms with Gasteiger partial charge in [-0.1, -0.05) is 42.1 Å². The molecule has 8 heteroatoms. The summed E-state index contributed by atoms with van der Waals surface area (Å²) in [5.41, 5.74) is 3.27. The maximum absolute atomic E-state index is 13.2. The standard InChI is InChI=1S/C19H21N3O3S2/c1-13-7-6-8-14(2)17(13)22-18(23)15-9-4-5-10-16(15)21-19(22)26-12-11-20-27(3,24)25/h4-10,20H,11-12H2,1-3H3. The minimum atomic E-state index is -3.25. The van der Waals surface area contributed by atoms with Crippen molar-refractivity contribution in [2.45, 2.75) is 19.0 Å². The van der Waals surface area contributed by atoms with Crippen LogP contribution in [0.1, 0.15) is 11.1 Å². The van der Waals surface area contributed by atoms with Gasteiger partial charge in [0.25, 0.3) is 5.56 Å². The van der Waals surface area contributed by atoms with E-state index in [9.17, 15) is 13.2 Å². The maximum atomic E-state index is 13.2. The molecule has 0 saturated carbocycles. The molecule has 0 spiro atoms. The molecule has 0 atom stereocenters. The van der Waals surface area contributed by atoms with Crippen molar-refractivity contribution in [1.82, 2.24) is 14.3 Å². The molecule has 0 fully saturated rings. The fourth-order valence-electron chi connectivity index (χ4n) is 2.93. The Kier molecular flexibility index (Phi) is 5.69. The number of para-hydroxylation sites is 2. The Morgan fingerprint density at radius 2 is 1.74 bits per heavy atom. The quantitative estimate of drug-likeness (QED) is 0.389. The first-order chi connectivity index (χ1) is 12.8. The molecular weight excluding hydrogens is 382 g/mol. The summed E-state index contributed by atoms with van der Waals surface area (Å²) in [4.78, 5) is 17.9. The summed E-state index contributed by atoms with van der Waals surface area (Å²) in [5, 5.41) is 1.10. The number of nitrogens with zero attached hydrogens (tertiary/aromatic N) is 2. The van der Waals surface area contributed by atoms with E-state index in [1.54, 1.807) is 10.6 Å². The molecular formula is C19H21N3O3S2. The second kappa shape index (κ2) is 7.84. The van der Waals surface area contributed by atoms with Gasteiger partial charge in [-0.05, 0) is 37.1 Å². The van der Waals surface area contributed by atoms with E-state index in [1.165, 1.54) is 11.8 Å². The molecule has 0 amide bonds. The van der Waals surface area contributed by atoms with Crippen molar-refractivity contribution in [3.05, 3.63) is 63.9 Å². The molecule has 6 nitrogen and oxygen atoms in total. The van der Waals surface area contributed by atoms with Crippen molar-refractivity contribution in [1.29, 1.82) is 0 Å². The Hall–Kier alpha value is -2.16. The van der Waals surface area contributed by atoms with Crippen LogP contribution in [0, 0.1) is 13.8 Å². The minimum absolute atomic E-state index is 0.128. The molecule has 0 saturated heterocycles. The van der Waals surface area contributed by atoms with Crippen LogP contribution >= 0.6 is 11.8 Å². The topological polar surface area (TPSA) is 81.1 Å². The van der Waals surface area contributed by atoms with Crippen LogP contribution in [0.25, 0.3) is 16.6 Å². The summed E-state index contributed by atoms with van der Waals surface area (Å²) in [5.74, 6) is 0.461. The number of nitrogens with one attached hydrogen (secondary N) is 1. The van der Waals surface area contributed by atoms with E-state index in [1.807, 2.05) is 50.2 Å². The number of rotatable bonds is 6. The molecule has 0 aliphatic carbocycles. The highest BCUT2D eigenvalue weighted by atomic mass is 32.2. The van der Waals surface area contributed by atoms with E-state index in [0.717, 1.165) is 23.1 Å². The number of hydrogen-bond acceptors (Lipinski definition) is 5. The van der Waals surface area contributed by atoms with Crippen LogP contribution in [0.2, 0.25) is 0 Å². The summed E-state index contributed by atoms with van der Waals surface area (Å²) in [6.45, 7) is 4.19. The van der Waals surface area contributed by atoms with Crippen LogP contribution in [-0.4, -0.2) is 36.5 Å². The third-order valence-electron chi connectivity index (χ3n) is 4.11. The first kappa shape index (κ1) is 19.6. The van der Waals surface area contributed by atoms with E-state index in [-0.39, 0.29) is 12.1 Å². The van der Waals surface area contributed by atoms with Crippen molar-refractivity contribution in [2.75, 3.05) is 18.6 Å². The average molecular weight is 404 g/mol. The monoisotopic (exact) mass is 403 g/mol. The Morgan fingerprint density at radius 3 is 2.41 bits per heavy atom. The largest absolute Gasteiger partial charge is 0.268 e. The number of hydrogen-bond donors (Lipinski definition) is 1. The lowest BCUT2D eigenvalue weighted by Gasteiger charge is -2.17. The second-order valence-corrected chi connectivity index (χ2v) is 9.20. The summed E-state index contributed by atoms with van der Waals surface area (Å²) in [7, 11) is -3.25. The van der Waals surface area contributed by atoms with Crippen molar-refractivity contribution in [2.24, 2.45) is 0 Å². The molecule has 0 radical (unpaired) electrons. The smallest absolute Gasteiger partial charge is 0.266 e. The highest BCUT2D eigenvalue weighted by Gasteiger charge is 2.16. The highest BCUT2D eigenvalue weighted by molar-refractivity contribution is 7.99. The fourth-order valence-corrected chi connectivity index (χ4v) is 4.39. The molecule has 2 aromatic carbocycles. The van der Waals surface area contributed by atoms with Crippen molar-refractivity contribution in [3.8, 4) is 5.69 Å². The van der Waals surface area contributed by atoms with Gasteiger partial charge in [0.2, 0.25) is 10.0 Å². The normalized spacial score (nSPS) is 11.8. The van der Waals surface area contributed by atoms with E-state index in [4.69, 9.17) is 0 Å². The van der Waals surface area contributed by atoms with E-state index < -0.39 is 10.0 Å². The molecule has 0 bridgehead atoms. The lowest BCUT2D eigenvalue weighted by Crippen LogP contribution is -2.26. The lowest BCUT2D eigenvalue weighted by molar-refractivity contribution is 0.590. The Balaban J connectivity index is 2.12. The van der Waals surface area contributed by atoms with Crippen molar-refractivity contribution >= 4 is 32.7 Å². The van der Waals surface area contributed by atoms with Crippen LogP contribution in [0.5, 0.6) is 0 Å². The highest BCUT2D eigenvalue weighted by Crippen LogP contribution is 2.25. The van der Waals surface area contributed by atoms with E-state index in [0.29, 0.717) is 21.8 Å². The first-order valence-electron chi connectivity index (χ1n) is 8.44. The third-order valence-corrected chi connectivity index (χ3v) is 5.77. The zero-order chi connectivity index (χ0) is 19.6. The molecule has 0 unspecified atom stereocenters. The van der Waals surface area contributed by atoms with Crippen molar-refractivity contribution < 1.29 is 8.42 Å². The summed E-state index contributed by atoms with van der Waals surface area (Å²) in [6.07, 6.45) is 1.12. The summed E-state index contributed by atoms with van der Waals surface area (Å²) in [6, 6.07) is 13.1. The van der Waals surface area contributed by atoms with Gasteiger partial charge in [-0.25, -0.2) is 18.1 Å². The summed E-state index contributed by atoms with van der Waals surface area (Å²) < 4.78 is 26.6. The van der Waals surface area contributed by atoms with Gasteiger partial charge in [-0.15, -0.1) is 0 Å². The van der Waals surface area contributed by atoms with Crippen LogP contribution in [0.15, 0.2) is 52.4 Å². The molecule has 0 aliphatic heterocycles. The van der Waals surface area contributed by atoms with Gasteiger partial charge < -0.3 is 0 Å². The summed E-state index contributed by atoms with van der Waals surface area (Å²) >= 11 is 1.35. The minimum Gasteiger partial charge on any atom is -0.268 e. The first-order valence-corrected chi connectivity index (χ1v) is 11.3. The number of aryl methyl sites for hydroxylation is 2. The van der Waals surface area contributed by atoms with Crippen LogP contribution in [0.4, 0.5) is 0 Å². The molecule has 3 aromatic rings. The van der Waals surface area contributed by atoms with Gasteiger partial charge in [0, 0.05) is 12.3 Å². The van der Waals surface area contributed by atoms with E-state index in [2.05, 4.69) is 9.71 Å². The zero-order valence-electron chi connectivity index (χ0n) is 15.4. The van der Waals surface area contributed by atoms with Gasteiger partial charge in [0.05, 0.1) is 22.8 Å². The van der Waals surface area contributed by atoms with Crippen molar-refractivity contribution in [3.63, 3.8) is 0 Å². The lowest BCUT2D eigenvalue weighted by atomic mass is 10.1. The average Bonchev–Trinajstić information content (AvgIpc) is 2.60. The van der Waals surface area contributed by atoms with Gasteiger partial charge in [0.15, 0.2) is 5.16 Å². The molecule has 1 aromatic heterocycles. The number of benzene rings is 2. The number of fused-ring (bicyclic) bond motifs is 1. The van der Waals surface area contributed by atoms with Gasteiger partial charge in [-0.2, -0.15) is 0 Å². The predicted octanol–water partition coefficient (Wildman–Crippen LogP) is 2.64. The number of sulfonamides is 1. The van der Waals surface area contributed by atoms with Gasteiger partial charge >= 0.3 is 0 Å². The SMILES string of the molecule is Cc1cccc(C)c1-n1c(SCCNS(C)(=O)=O)nc2ccccc2c1=O. The van der Waals surface area contributed by atoms with Gasteiger partial charge in [0.1, 0.15) is 0 Å². The fraction of sp³-hybridized carbons (Fsp3) is 0.263. The predicted molar refractivity (Wildman–Crippen MR) is 110 cm³/mol. The molecule has 142 valence electrons. The van der Waals surface area contributed by atoms with Crippen LogP contribution in [-0.2, 0) is 10.0 Å².